The lowest BCUT2D eigenvalue weighted by molar-refractivity contribution is 0.0179. The van der Waals surface area contributed by atoms with E-state index >= 15 is 0 Å². The van der Waals surface area contributed by atoms with E-state index in [9.17, 15) is 5.11 Å². The van der Waals surface area contributed by atoms with Gasteiger partial charge in [-0.3, -0.25) is 0 Å². The van der Waals surface area contributed by atoms with Gasteiger partial charge in [-0.1, -0.05) is 0 Å². The Morgan fingerprint density at radius 2 is 2.50 bits per heavy atom. The van der Waals surface area contributed by atoms with Gasteiger partial charge in [0.2, 0.25) is 0 Å². The molecule has 1 aliphatic rings. The second-order valence-electron chi connectivity index (χ2n) is 4.56. The smallest absolute Gasteiger partial charge is 0.133 e. The van der Waals surface area contributed by atoms with E-state index in [1.807, 2.05) is 0 Å². The minimum atomic E-state index is -0.583. The zero-order valence-corrected chi connectivity index (χ0v) is 9.61. The second-order valence-corrected chi connectivity index (χ2v) is 4.56. The summed E-state index contributed by atoms with van der Waals surface area (Å²) in [6, 6.07) is 3.56. The van der Waals surface area contributed by atoms with Crippen LogP contribution in [0.15, 0.2) is 22.8 Å². The highest BCUT2D eigenvalue weighted by Gasteiger charge is 2.29. The molecule has 0 saturated carbocycles. The molecule has 1 aromatic heterocycles. The third kappa shape index (κ3) is 2.84. The molecule has 0 radical (unpaired) electrons. The van der Waals surface area contributed by atoms with Crippen molar-refractivity contribution in [3.63, 3.8) is 0 Å². The highest BCUT2D eigenvalue weighted by Crippen LogP contribution is 2.24. The van der Waals surface area contributed by atoms with Crippen LogP contribution in [0.1, 0.15) is 31.6 Å². The molecule has 2 unspecified atom stereocenters. The predicted molar refractivity (Wildman–Crippen MR) is 60.1 cm³/mol. The molecule has 1 saturated heterocycles. The summed E-state index contributed by atoms with van der Waals surface area (Å²) in [5, 5.41) is 13.0. The number of hydrogen-bond donors (Lipinski definition) is 2. The van der Waals surface area contributed by atoms with Gasteiger partial charge in [-0.25, -0.2) is 0 Å². The summed E-state index contributed by atoms with van der Waals surface area (Å²) in [6.07, 6.45) is 3.19. The zero-order chi connectivity index (χ0) is 11.4. The fourth-order valence-electron chi connectivity index (χ4n) is 2.03. The summed E-state index contributed by atoms with van der Waals surface area (Å²) in [5.74, 6) is 0.602. The second kappa shape index (κ2) is 4.99. The third-order valence-electron chi connectivity index (χ3n) is 3.01. The van der Waals surface area contributed by atoms with E-state index in [-0.39, 0.29) is 5.60 Å². The molecule has 16 heavy (non-hydrogen) atoms. The van der Waals surface area contributed by atoms with Gasteiger partial charge in [0, 0.05) is 19.7 Å². The minimum absolute atomic E-state index is 0.0666. The molecule has 0 amide bonds. The van der Waals surface area contributed by atoms with Gasteiger partial charge in [-0.15, -0.1) is 0 Å². The van der Waals surface area contributed by atoms with E-state index in [1.165, 1.54) is 0 Å². The van der Waals surface area contributed by atoms with E-state index in [2.05, 4.69) is 12.2 Å². The molecule has 2 rings (SSSR count). The van der Waals surface area contributed by atoms with Crippen LogP contribution in [0.5, 0.6) is 0 Å². The Morgan fingerprint density at radius 1 is 1.62 bits per heavy atom. The first kappa shape index (κ1) is 11.6. The van der Waals surface area contributed by atoms with Gasteiger partial charge in [0.1, 0.15) is 11.9 Å². The Hall–Kier alpha value is -0.840. The summed E-state index contributed by atoms with van der Waals surface area (Å²) in [7, 11) is 0. The minimum Gasteiger partial charge on any atom is -0.467 e. The monoisotopic (exact) mass is 225 g/mol. The summed E-state index contributed by atoms with van der Waals surface area (Å²) < 4.78 is 10.8. The number of nitrogens with one attached hydrogen (secondary N) is 1. The molecule has 4 nitrogen and oxygen atoms in total. The maximum atomic E-state index is 9.77. The summed E-state index contributed by atoms with van der Waals surface area (Å²) in [5.41, 5.74) is -0.0666. The Balaban J connectivity index is 1.72. The quantitative estimate of drug-likeness (QED) is 0.796. The van der Waals surface area contributed by atoms with Gasteiger partial charge < -0.3 is 19.6 Å². The molecule has 0 aliphatic carbocycles. The van der Waals surface area contributed by atoms with Crippen LogP contribution in [0.2, 0.25) is 0 Å². The van der Waals surface area contributed by atoms with E-state index in [1.54, 1.807) is 18.4 Å². The van der Waals surface area contributed by atoms with Crippen molar-refractivity contribution < 1.29 is 14.3 Å². The molecule has 2 atom stereocenters. The Bertz CT molecular complexity index is 304. The standard InChI is InChI=1S/C12H19NO3/c1-12(5-3-7-16-12)9-13-8-10(14)11-4-2-6-15-11/h2,4,6,10,13-14H,3,5,7-9H2,1H3. The molecule has 0 spiro atoms. The summed E-state index contributed by atoms with van der Waals surface area (Å²) >= 11 is 0. The lowest BCUT2D eigenvalue weighted by Crippen LogP contribution is -2.38. The maximum absolute atomic E-state index is 9.77. The molecule has 0 bridgehead atoms. The van der Waals surface area contributed by atoms with Crippen LogP contribution in [0.3, 0.4) is 0 Å². The van der Waals surface area contributed by atoms with Crippen LogP contribution in [0, 0.1) is 0 Å². The lowest BCUT2D eigenvalue weighted by atomic mass is 10.0. The van der Waals surface area contributed by atoms with Gasteiger partial charge in [0.05, 0.1) is 11.9 Å². The van der Waals surface area contributed by atoms with Gasteiger partial charge >= 0.3 is 0 Å². The average molecular weight is 225 g/mol. The van der Waals surface area contributed by atoms with Crippen LogP contribution in [-0.4, -0.2) is 30.4 Å². The summed E-state index contributed by atoms with van der Waals surface area (Å²) in [4.78, 5) is 0. The largest absolute Gasteiger partial charge is 0.467 e. The number of aliphatic hydroxyl groups excluding tert-OH is 1. The van der Waals surface area contributed by atoms with Gasteiger partial charge in [0.15, 0.2) is 0 Å². The van der Waals surface area contributed by atoms with Crippen LogP contribution in [0.25, 0.3) is 0 Å². The van der Waals surface area contributed by atoms with Crippen molar-refractivity contribution in [3.05, 3.63) is 24.2 Å². The molecule has 1 fully saturated rings. The molecule has 2 heterocycles. The number of ether oxygens (including phenoxy) is 1. The van der Waals surface area contributed by atoms with Crippen LogP contribution >= 0.6 is 0 Å². The van der Waals surface area contributed by atoms with Gasteiger partial charge in [-0.05, 0) is 31.9 Å². The molecule has 1 aliphatic heterocycles. The van der Waals surface area contributed by atoms with Crippen LogP contribution < -0.4 is 5.32 Å². The Kier molecular flexibility index (Phi) is 3.63. The van der Waals surface area contributed by atoms with Crippen molar-refractivity contribution in [2.75, 3.05) is 19.7 Å². The average Bonchev–Trinajstić information content (AvgIpc) is 2.88. The SMILES string of the molecule is CC1(CNCC(O)c2ccco2)CCCO1. The van der Waals surface area contributed by atoms with Crippen molar-refractivity contribution in [3.8, 4) is 0 Å². The molecule has 1 aromatic rings. The zero-order valence-electron chi connectivity index (χ0n) is 9.61. The first-order valence-corrected chi connectivity index (χ1v) is 5.76. The predicted octanol–water partition coefficient (Wildman–Crippen LogP) is 1.47. The van der Waals surface area contributed by atoms with Crippen molar-refractivity contribution >= 4 is 0 Å². The molecular formula is C12H19NO3. The van der Waals surface area contributed by atoms with Gasteiger partial charge in [-0.2, -0.15) is 0 Å². The topological polar surface area (TPSA) is 54.6 Å². The highest BCUT2D eigenvalue weighted by atomic mass is 16.5. The van der Waals surface area contributed by atoms with Crippen molar-refractivity contribution in [2.24, 2.45) is 0 Å². The summed E-state index contributed by atoms with van der Waals surface area (Å²) in [6.45, 7) is 4.21. The molecule has 4 heteroatoms. The molecule has 2 N–H and O–H groups in total. The Morgan fingerprint density at radius 3 is 3.12 bits per heavy atom. The fraction of sp³-hybridized carbons (Fsp3) is 0.667. The maximum Gasteiger partial charge on any atom is 0.133 e. The van der Waals surface area contributed by atoms with E-state index in [4.69, 9.17) is 9.15 Å². The first-order chi connectivity index (χ1) is 7.70. The number of aliphatic hydroxyl groups is 1. The number of hydrogen-bond acceptors (Lipinski definition) is 4. The molecule has 90 valence electrons. The molecule has 0 aromatic carbocycles. The van der Waals surface area contributed by atoms with Gasteiger partial charge in [0.25, 0.3) is 0 Å². The van der Waals surface area contributed by atoms with Crippen molar-refractivity contribution in [1.82, 2.24) is 5.32 Å². The van der Waals surface area contributed by atoms with Crippen LogP contribution in [0.4, 0.5) is 0 Å². The fourth-order valence-corrected chi connectivity index (χ4v) is 2.03. The lowest BCUT2D eigenvalue weighted by Gasteiger charge is -2.24. The number of furan rings is 1. The van der Waals surface area contributed by atoms with E-state index in [0.29, 0.717) is 12.3 Å². The molecular weight excluding hydrogens is 206 g/mol. The van der Waals surface area contributed by atoms with E-state index in [0.717, 1.165) is 26.0 Å². The highest BCUT2D eigenvalue weighted by molar-refractivity contribution is 5.02. The van der Waals surface area contributed by atoms with Crippen molar-refractivity contribution in [1.29, 1.82) is 0 Å². The third-order valence-corrected chi connectivity index (χ3v) is 3.01. The Labute approximate surface area is 95.6 Å². The van der Waals surface area contributed by atoms with Crippen LogP contribution in [-0.2, 0) is 4.74 Å². The first-order valence-electron chi connectivity index (χ1n) is 5.76. The van der Waals surface area contributed by atoms with Crippen molar-refractivity contribution in [2.45, 2.75) is 31.5 Å². The normalized spacial score (nSPS) is 27.1. The number of rotatable bonds is 5. The van der Waals surface area contributed by atoms with E-state index < -0.39 is 6.10 Å².